The standard InChI is InChI=1S/C15H18N2O4/c1-17-7-11(15(20)21)14(19)5-13(17)10-6-16-12-4-8(18)2-3-9(10)12/h2-4,6,11,13-14,16,18-19H,5,7H2,1H3,(H,20,21). The number of benzene rings is 1. The number of nitrogens with zero attached hydrogens (tertiary/aromatic N) is 1. The number of aromatic nitrogens is 1. The van der Waals surface area contributed by atoms with Crippen LogP contribution in [0.4, 0.5) is 0 Å². The number of aliphatic hydroxyl groups is 1. The Hall–Kier alpha value is -2.05. The topological polar surface area (TPSA) is 96.8 Å². The van der Waals surface area contributed by atoms with Crippen molar-refractivity contribution in [3.05, 3.63) is 30.0 Å². The number of nitrogens with one attached hydrogen (secondary N) is 1. The summed E-state index contributed by atoms with van der Waals surface area (Å²) in [6, 6.07) is 5.06. The molecule has 3 atom stereocenters. The summed E-state index contributed by atoms with van der Waals surface area (Å²) >= 11 is 0. The van der Waals surface area contributed by atoms with Crippen molar-refractivity contribution in [1.29, 1.82) is 0 Å². The highest BCUT2D eigenvalue weighted by atomic mass is 16.4. The number of fused-ring (bicyclic) bond motifs is 1. The van der Waals surface area contributed by atoms with Gasteiger partial charge in [-0.3, -0.25) is 9.69 Å². The molecule has 3 unspecified atom stereocenters. The molecule has 0 bridgehead atoms. The molecular formula is C15H18N2O4. The number of carboxylic acid groups (broad SMARTS) is 1. The van der Waals surface area contributed by atoms with E-state index in [-0.39, 0.29) is 11.8 Å². The number of aromatic amines is 1. The van der Waals surface area contributed by atoms with Crippen molar-refractivity contribution in [3.63, 3.8) is 0 Å². The molecule has 0 aliphatic carbocycles. The van der Waals surface area contributed by atoms with Crippen LogP contribution in [0.15, 0.2) is 24.4 Å². The third kappa shape index (κ3) is 2.36. The lowest BCUT2D eigenvalue weighted by Gasteiger charge is -2.38. The quantitative estimate of drug-likeness (QED) is 0.669. The van der Waals surface area contributed by atoms with Gasteiger partial charge in [-0.1, -0.05) is 0 Å². The maximum Gasteiger partial charge on any atom is 0.310 e. The number of H-pyrrole nitrogens is 1. The van der Waals surface area contributed by atoms with Crippen molar-refractivity contribution < 1.29 is 20.1 Å². The summed E-state index contributed by atoms with van der Waals surface area (Å²) in [5.41, 5.74) is 1.84. The van der Waals surface area contributed by atoms with Gasteiger partial charge in [-0.25, -0.2) is 0 Å². The number of phenols is 1. The summed E-state index contributed by atoms with van der Waals surface area (Å²) in [5.74, 6) is -1.52. The predicted octanol–water partition coefficient (Wildman–Crippen LogP) is 1.31. The molecule has 112 valence electrons. The van der Waals surface area contributed by atoms with Gasteiger partial charge in [-0.15, -0.1) is 0 Å². The van der Waals surface area contributed by atoms with E-state index in [2.05, 4.69) is 4.98 Å². The van der Waals surface area contributed by atoms with Gasteiger partial charge in [0, 0.05) is 35.8 Å². The number of phenolic OH excluding ortho intramolecular Hbond substituents is 1. The molecule has 21 heavy (non-hydrogen) atoms. The van der Waals surface area contributed by atoms with Crippen molar-refractivity contribution in [1.82, 2.24) is 9.88 Å². The molecule has 0 radical (unpaired) electrons. The van der Waals surface area contributed by atoms with Crippen LogP contribution >= 0.6 is 0 Å². The Labute approximate surface area is 121 Å². The van der Waals surface area contributed by atoms with Crippen molar-refractivity contribution in [2.45, 2.75) is 18.6 Å². The van der Waals surface area contributed by atoms with Gasteiger partial charge in [0.05, 0.1) is 12.0 Å². The number of hydrogen-bond acceptors (Lipinski definition) is 4. The van der Waals surface area contributed by atoms with Crippen LogP contribution in [0, 0.1) is 5.92 Å². The minimum absolute atomic E-state index is 0.0473. The molecule has 3 rings (SSSR count). The first-order valence-corrected chi connectivity index (χ1v) is 6.88. The van der Waals surface area contributed by atoms with Gasteiger partial charge < -0.3 is 20.3 Å². The van der Waals surface area contributed by atoms with Crippen LogP contribution in [-0.2, 0) is 4.79 Å². The van der Waals surface area contributed by atoms with E-state index in [1.165, 1.54) is 0 Å². The fourth-order valence-corrected chi connectivity index (χ4v) is 3.15. The summed E-state index contributed by atoms with van der Waals surface area (Å²) in [6.45, 7) is 0.311. The highest BCUT2D eigenvalue weighted by Gasteiger charge is 2.38. The Bertz CT molecular complexity index is 681. The number of carboxylic acids is 1. The Morgan fingerprint density at radius 2 is 2.19 bits per heavy atom. The number of piperidine rings is 1. The van der Waals surface area contributed by atoms with Gasteiger partial charge in [0.25, 0.3) is 0 Å². The van der Waals surface area contributed by atoms with Gasteiger partial charge in [0.1, 0.15) is 5.75 Å². The fraction of sp³-hybridized carbons (Fsp3) is 0.400. The zero-order valence-corrected chi connectivity index (χ0v) is 11.7. The molecule has 1 aromatic carbocycles. The first-order chi connectivity index (χ1) is 9.97. The Kier molecular flexibility index (Phi) is 3.35. The number of aliphatic carboxylic acids is 1. The largest absolute Gasteiger partial charge is 0.508 e. The highest BCUT2D eigenvalue weighted by molar-refractivity contribution is 5.85. The smallest absolute Gasteiger partial charge is 0.310 e. The summed E-state index contributed by atoms with van der Waals surface area (Å²) in [4.78, 5) is 16.2. The Balaban J connectivity index is 1.94. The molecule has 6 heteroatoms. The minimum atomic E-state index is -0.961. The molecule has 4 N–H and O–H groups in total. The first-order valence-electron chi connectivity index (χ1n) is 6.88. The molecule has 0 amide bonds. The summed E-state index contributed by atoms with van der Waals surface area (Å²) < 4.78 is 0. The van der Waals surface area contributed by atoms with E-state index >= 15 is 0 Å². The molecule has 2 aromatic rings. The molecule has 6 nitrogen and oxygen atoms in total. The number of likely N-dealkylation sites (tertiary alicyclic amines) is 1. The van der Waals surface area contributed by atoms with E-state index in [0.717, 1.165) is 16.5 Å². The molecule has 1 aliphatic heterocycles. The lowest BCUT2D eigenvalue weighted by molar-refractivity contribution is -0.150. The average molecular weight is 290 g/mol. The first kappa shape index (κ1) is 13.9. The maximum atomic E-state index is 11.1. The molecule has 0 saturated carbocycles. The third-order valence-electron chi connectivity index (χ3n) is 4.32. The molecule has 2 heterocycles. The van der Waals surface area contributed by atoms with Crippen LogP contribution in [0.1, 0.15) is 18.0 Å². The zero-order chi connectivity index (χ0) is 15.1. The highest BCUT2D eigenvalue weighted by Crippen LogP contribution is 2.36. The normalized spacial score (nSPS) is 27.0. The molecule has 1 aliphatic rings. The van der Waals surface area contributed by atoms with Crippen LogP contribution in [0.2, 0.25) is 0 Å². The Morgan fingerprint density at radius 1 is 1.43 bits per heavy atom. The lowest BCUT2D eigenvalue weighted by atomic mass is 9.87. The molecule has 1 fully saturated rings. The van der Waals surface area contributed by atoms with Crippen LogP contribution < -0.4 is 0 Å². The minimum Gasteiger partial charge on any atom is -0.508 e. The summed E-state index contributed by atoms with van der Waals surface area (Å²) in [6.07, 6.45) is 1.38. The molecular weight excluding hydrogens is 272 g/mol. The van der Waals surface area contributed by atoms with Gasteiger partial charge in [-0.2, -0.15) is 0 Å². The van der Waals surface area contributed by atoms with E-state index in [4.69, 9.17) is 5.11 Å². The number of rotatable bonds is 2. The number of aromatic hydroxyl groups is 1. The number of aliphatic hydroxyl groups excluding tert-OH is 1. The predicted molar refractivity (Wildman–Crippen MR) is 77.1 cm³/mol. The lowest BCUT2D eigenvalue weighted by Crippen LogP contribution is -2.46. The van der Waals surface area contributed by atoms with Crippen molar-refractivity contribution in [2.75, 3.05) is 13.6 Å². The van der Waals surface area contributed by atoms with Crippen LogP contribution in [-0.4, -0.2) is 50.9 Å². The fourth-order valence-electron chi connectivity index (χ4n) is 3.15. The number of hydrogen-bond donors (Lipinski definition) is 4. The van der Waals surface area contributed by atoms with Crippen LogP contribution in [0.3, 0.4) is 0 Å². The van der Waals surface area contributed by atoms with E-state index in [9.17, 15) is 15.0 Å². The second-order valence-corrected chi connectivity index (χ2v) is 5.68. The molecule has 1 saturated heterocycles. The average Bonchev–Trinajstić information content (AvgIpc) is 2.83. The van der Waals surface area contributed by atoms with Crippen molar-refractivity contribution >= 4 is 16.9 Å². The van der Waals surface area contributed by atoms with Gasteiger partial charge in [0.2, 0.25) is 0 Å². The zero-order valence-electron chi connectivity index (χ0n) is 11.7. The van der Waals surface area contributed by atoms with Gasteiger partial charge in [0.15, 0.2) is 0 Å². The van der Waals surface area contributed by atoms with Gasteiger partial charge >= 0.3 is 5.97 Å². The van der Waals surface area contributed by atoms with Crippen molar-refractivity contribution in [2.24, 2.45) is 5.92 Å². The van der Waals surface area contributed by atoms with Crippen LogP contribution in [0.5, 0.6) is 5.75 Å². The van der Waals surface area contributed by atoms with E-state index < -0.39 is 18.0 Å². The third-order valence-corrected chi connectivity index (χ3v) is 4.32. The van der Waals surface area contributed by atoms with Crippen molar-refractivity contribution in [3.8, 4) is 5.75 Å². The SMILES string of the molecule is CN1CC(C(=O)O)C(O)CC1c1c[nH]c2cc(O)ccc12. The summed E-state index contributed by atoms with van der Waals surface area (Å²) in [7, 11) is 1.87. The van der Waals surface area contributed by atoms with Crippen LogP contribution in [0.25, 0.3) is 10.9 Å². The Morgan fingerprint density at radius 3 is 2.90 bits per heavy atom. The number of carbonyl (C=O) groups is 1. The maximum absolute atomic E-state index is 11.1. The summed E-state index contributed by atoms with van der Waals surface area (Å²) in [5, 5.41) is 29.7. The monoisotopic (exact) mass is 290 g/mol. The molecule has 0 spiro atoms. The van der Waals surface area contributed by atoms with Gasteiger partial charge in [-0.05, 0) is 31.2 Å². The van der Waals surface area contributed by atoms with E-state index in [1.54, 1.807) is 12.1 Å². The second kappa shape index (κ2) is 5.05. The second-order valence-electron chi connectivity index (χ2n) is 5.68. The molecule has 1 aromatic heterocycles. The van der Waals surface area contributed by atoms with E-state index in [0.29, 0.717) is 13.0 Å². The van der Waals surface area contributed by atoms with E-state index in [1.807, 2.05) is 24.2 Å².